The fourth-order valence-corrected chi connectivity index (χ4v) is 4.38. The molecule has 0 atom stereocenters. The minimum atomic E-state index is -0.0525. The number of hydrogen-bond acceptors (Lipinski definition) is 7. The Hall–Kier alpha value is -4.13. The van der Waals surface area contributed by atoms with Gasteiger partial charge in [-0.05, 0) is 82.9 Å². The topological polar surface area (TPSA) is 108 Å². The third kappa shape index (κ3) is 7.25. The van der Waals surface area contributed by atoms with Gasteiger partial charge in [0.1, 0.15) is 18.4 Å². The second-order valence-electron chi connectivity index (χ2n) is 9.64. The number of carbonyl (C=O) groups is 1. The van der Waals surface area contributed by atoms with Gasteiger partial charge in [0.15, 0.2) is 0 Å². The number of benzene rings is 2. The maximum atomic E-state index is 12.6. The minimum Gasteiger partial charge on any atom is -0.490 e. The van der Waals surface area contributed by atoms with E-state index in [2.05, 4.69) is 31.7 Å². The van der Waals surface area contributed by atoms with Crippen molar-refractivity contribution in [2.75, 3.05) is 37.9 Å². The first kappa shape index (κ1) is 27.9. The molecular formula is C29H32ClN7O2. The monoisotopic (exact) mass is 545 g/mol. The van der Waals surface area contributed by atoms with Crippen molar-refractivity contribution in [1.82, 2.24) is 19.7 Å². The SMILES string of the molecule is Cc1ccn(CCOc2ccc(Nc3c(C#N)cnc4cc(C)c(NC(=O)CCCN(C)C)cc34)cc2Cl)n1. The van der Waals surface area contributed by atoms with Gasteiger partial charge in [-0.1, -0.05) is 11.6 Å². The number of aromatic nitrogens is 3. The molecule has 0 aliphatic heterocycles. The van der Waals surface area contributed by atoms with Crippen LogP contribution >= 0.6 is 11.6 Å². The van der Waals surface area contributed by atoms with Gasteiger partial charge in [0, 0.05) is 35.6 Å². The van der Waals surface area contributed by atoms with Crippen LogP contribution in [0.3, 0.4) is 0 Å². The number of pyridine rings is 1. The number of rotatable bonds is 11. The minimum absolute atomic E-state index is 0.0525. The highest BCUT2D eigenvalue weighted by atomic mass is 35.5. The summed E-state index contributed by atoms with van der Waals surface area (Å²) in [6.45, 7) is 5.73. The fraction of sp³-hybridized carbons (Fsp3) is 0.310. The molecule has 2 N–H and O–H groups in total. The molecule has 0 saturated carbocycles. The molecule has 2 aromatic heterocycles. The molecule has 0 aliphatic carbocycles. The Balaban J connectivity index is 1.53. The Morgan fingerprint density at radius 3 is 2.72 bits per heavy atom. The second kappa shape index (κ2) is 12.6. The molecule has 39 heavy (non-hydrogen) atoms. The Morgan fingerprint density at radius 2 is 2.03 bits per heavy atom. The molecule has 9 nitrogen and oxygen atoms in total. The lowest BCUT2D eigenvalue weighted by Gasteiger charge is -2.16. The molecule has 0 fully saturated rings. The highest BCUT2D eigenvalue weighted by Gasteiger charge is 2.14. The van der Waals surface area contributed by atoms with Gasteiger partial charge in [0.25, 0.3) is 0 Å². The van der Waals surface area contributed by atoms with Crippen molar-refractivity contribution in [3.63, 3.8) is 0 Å². The van der Waals surface area contributed by atoms with Crippen LogP contribution in [0.5, 0.6) is 5.75 Å². The van der Waals surface area contributed by atoms with E-state index in [1.165, 1.54) is 0 Å². The van der Waals surface area contributed by atoms with Crippen molar-refractivity contribution in [3.05, 3.63) is 70.6 Å². The average Bonchev–Trinajstić information content (AvgIpc) is 3.30. The number of hydrogen-bond donors (Lipinski definition) is 2. The molecule has 4 aromatic rings. The second-order valence-corrected chi connectivity index (χ2v) is 10.0. The van der Waals surface area contributed by atoms with Crippen LogP contribution in [0.2, 0.25) is 5.02 Å². The number of nitrogens with one attached hydrogen (secondary N) is 2. The van der Waals surface area contributed by atoms with Gasteiger partial charge in [-0.2, -0.15) is 10.4 Å². The van der Waals surface area contributed by atoms with Crippen molar-refractivity contribution >= 4 is 45.5 Å². The largest absolute Gasteiger partial charge is 0.490 e. The first-order valence-electron chi connectivity index (χ1n) is 12.7. The lowest BCUT2D eigenvalue weighted by atomic mass is 10.0. The molecule has 0 unspecified atom stereocenters. The van der Waals surface area contributed by atoms with Gasteiger partial charge in [-0.25, -0.2) is 0 Å². The van der Waals surface area contributed by atoms with Crippen LogP contribution in [0.25, 0.3) is 10.9 Å². The molecule has 0 spiro atoms. The summed E-state index contributed by atoms with van der Waals surface area (Å²) in [5, 5.41) is 21.7. The number of halogens is 1. The summed E-state index contributed by atoms with van der Waals surface area (Å²) in [7, 11) is 3.97. The van der Waals surface area contributed by atoms with Gasteiger partial charge >= 0.3 is 0 Å². The van der Waals surface area contributed by atoms with Crippen molar-refractivity contribution in [2.24, 2.45) is 0 Å². The molecule has 1 amide bonds. The van der Waals surface area contributed by atoms with E-state index >= 15 is 0 Å². The zero-order valence-corrected chi connectivity index (χ0v) is 23.3. The third-order valence-electron chi connectivity index (χ3n) is 6.17. The molecule has 0 radical (unpaired) electrons. The number of aryl methyl sites for hydroxylation is 2. The molecule has 10 heteroatoms. The third-order valence-corrected chi connectivity index (χ3v) is 6.47. The van der Waals surface area contributed by atoms with E-state index in [4.69, 9.17) is 16.3 Å². The van der Waals surface area contributed by atoms with Crippen LogP contribution in [0.15, 0.2) is 48.8 Å². The van der Waals surface area contributed by atoms with Crippen molar-refractivity contribution < 1.29 is 9.53 Å². The summed E-state index contributed by atoms with van der Waals surface area (Å²) in [5.41, 5.74) is 4.89. The van der Waals surface area contributed by atoms with Gasteiger partial charge in [-0.15, -0.1) is 0 Å². The van der Waals surface area contributed by atoms with E-state index in [-0.39, 0.29) is 5.91 Å². The Bertz CT molecular complexity index is 1520. The molecular weight excluding hydrogens is 514 g/mol. The number of nitriles is 1. The molecule has 4 rings (SSSR count). The standard InChI is InChI=1S/C29H32ClN7O2/c1-19-14-26-23(16-25(19)34-28(38)6-5-10-36(3)4)29(21(17-31)18-32-26)33-22-7-8-27(24(30)15-22)39-13-12-37-11-9-20(2)35-37/h7-9,11,14-16,18H,5-6,10,12-13H2,1-4H3,(H,32,33)(H,34,38). The maximum Gasteiger partial charge on any atom is 0.224 e. The summed E-state index contributed by atoms with van der Waals surface area (Å²) in [4.78, 5) is 19.1. The average molecular weight is 546 g/mol. The number of ether oxygens (including phenoxy) is 1. The summed E-state index contributed by atoms with van der Waals surface area (Å²) in [6, 6.07) is 13.3. The van der Waals surface area contributed by atoms with Gasteiger partial charge in [0.05, 0.1) is 34.0 Å². The zero-order chi connectivity index (χ0) is 27.9. The predicted octanol–water partition coefficient (Wildman–Crippen LogP) is 5.68. The summed E-state index contributed by atoms with van der Waals surface area (Å²) in [5.74, 6) is 0.504. The molecule has 0 aliphatic rings. The van der Waals surface area contributed by atoms with Crippen LogP contribution in [-0.4, -0.2) is 52.8 Å². The van der Waals surface area contributed by atoms with Crippen molar-refractivity contribution in [1.29, 1.82) is 5.26 Å². The lowest BCUT2D eigenvalue weighted by molar-refractivity contribution is -0.116. The van der Waals surface area contributed by atoms with Crippen LogP contribution in [0.1, 0.15) is 29.7 Å². The Labute approximate surface area is 233 Å². The highest BCUT2D eigenvalue weighted by molar-refractivity contribution is 6.32. The molecule has 202 valence electrons. The molecule has 2 heterocycles. The highest BCUT2D eigenvalue weighted by Crippen LogP contribution is 2.35. The van der Waals surface area contributed by atoms with E-state index < -0.39 is 0 Å². The predicted molar refractivity (Wildman–Crippen MR) is 155 cm³/mol. The van der Waals surface area contributed by atoms with E-state index in [1.807, 2.05) is 63.1 Å². The molecule has 0 bridgehead atoms. The zero-order valence-electron chi connectivity index (χ0n) is 22.6. The number of nitrogens with zero attached hydrogens (tertiary/aromatic N) is 5. The lowest BCUT2D eigenvalue weighted by Crippen LogP contribution is -2.17. The number of fused-ring (bicyclic) bond motifs is 1. The first-order valence-corrected chi connectivity index (χ1v) is 13.1. The van der Waals surface area contributed by atoms with Crippen molar-refractivity contribution in [2.45, 2.75) is 33.2 Å². The maximum absolute atomic E-state index is 12.6. The van der Waals surface area contributed by atoms with Crippen LogP contribution in [-0.2, 0) is 11.3 Å². The quantitative estimate of drug-likeness (QED) is 0.250. The van der Waals surface area contributed by atoms with Crippen LogP contribution in [0.4, 0.5) is 17.1 Å². The van der Waals surface area contributed by atoms with Gasteiger partial charge in [0.2, 0.25) is 5.91 Å². The van der Waals surface area contributed by atoms with Gasteiger partial charge < -0.3 is 20.3 Å². The van der Waals surface area contributed by atoms with E-state index in [0.717, 1.165) is 24.2 Å². The van der Waals surface area contributed by atoms with Crippen LogP contribution in [0, 0.1) is 25.2 Å². The number of anilines is 3. The van der Waals surface area contributed by atoms with Crippen molar-refractivity contribution in [3.8, 4) is 11.8 Å². The number of amides is 1. The summed E-state index contributed by atoms with van der Waals surface area (Å²) < 4.78 is 7.67. The molecule has 0 saturated heterocycles. The molecule has 2 aromatic carbocycles. The first-order chi connectivity index (χ1) is 18.7. The fourth-order valence-electron chi connectivity index (χ4n) is 4.14. The Kier molecular flexibility index (Phi) is 9.02. The van der Waals surface area contributed by atoms with E-state index in [0.29, 0.717) is 63.9 Å². The smallest absolute Gasteiger partial charge is 0.224 e. The van der Waals surface area contributed by atoms with E-state index in [9.17, 15) is 10.1 Å². The normalized spacial score (nSPS) is 11.0. The van der Waals surface area contributed by atoms with E-state index in [1.54, 1.807) is 18.3 Å². The van der Waals surface area contributed by atoms with Gasteiger partial charge in [-0.3, -0.25) is 14.5 Å². The summed E-state index contributed by atoms with van der Waals surface area (Å²) >= 11 is 6.52. The summed E-state index contributed by atoms with van der Waals surface area (Å²) in [6.07, 6.45) is 4.63. The Morgan fingerprint density at radius 1 is 1.21 bits per heavy atom. The number of carbonyl (C=O) groups excluding carboxylic acids is 1. The van der Waals surface area contributed by atoms with Crippen LogP contribution < -0.4 is 15.4 Å².